The van der Waals surface area contributed by atoms with Crippen LogP contribution in [0.5, 0.6) is 11.5 Å². The molecular formula is C31H40N2O5. The molecule has 3 aromatic rings. The molecule has 0 amide bonds. The first-order valence-corrected chi connectivity index (χ1v) is 13.1. The van der Waals surface area contributed by atoms with Crippen LogP contribution in [0, 0.1) is 0 Å². The summed E-state index contributed by atoms with van der Waals surface area (Å²) in [4.78, 5) is 6.62. The van der Waals surface area contributed by atoms with Gasteiger partial charge in [-0.2, -0.15) is 0 Å². The molecular weight excluding hydrogens is 480 g/mol. The van der Waals surface area contributed by atoms with Crippen molar-refractivity contribution in [1.29, 1.82) is 0 Å². The molecule has 0 spiro atoms. The van der Waals surface area contributed by atoms with Gasteiger partial charge >= 0.3 is 0 Å². The maximum Gasteiger partial charge on any atom is 0.119 e. The van der Waals surface area contributed by atoms with Gasteiger partial charge in [0.1, 0.15) is 18.1 Å². The van der Waals surface area contributed by atoms with Crippen LogP contribution in [0.1, 0.15) is 30.0 Å². The molecule has 0 bridgehead atoms. The van der Waals surface area contributed by atoms with E-state index >= 15 is 0 Å². The molecule has 0 fully saturated rings. The average Bonchev–Trinajstić information content (AvgIpc) is 2.95. The van der Waals surface area contributed by atoms with Crippen LogP contribution in [0.25, 0.3) is 11.1 Å². The summed E-state index contributed by atoms with van der Waals surface area (Å²) in [6.45, 7) is 6.94. The minimum Gasteiger partial charge on any atom is -0.508 e. The van der Waals surface area contributed by atoms with Gasteiger partial charge in [0.05, 0.1) is 33.0 Å². The Labute approximate surface area is 226 Å². The lowest BCUT2D eigenvalue weighted by atomic mass is 9.88. The highest BCUT2D eigenvalue weighted by Gasteiger charge is 2.13. The van der Waals surface area contributed by atoms with E-state index in [0.717, 1.165) is 42.0 Å². The van der Waals surface area contributed by atoms with Crippen LogP contribution in [0.3, 0.4) is 0 Å². The highest BCUT2D eigenvalue weighted by Crippen LogP contribution is 2.35. The molecule has 0 atom stereocenters. The van der Waals surface area contributed by atoms with Crippen molar-refractivity contribution in [2.45, 2.75) is 13.3 Å². The highest BCUT2D eigenvalue weighted by molar-refractivity contribution is 5.98. The van der Waals surface area contributed by atoms with Crippen molar-refractivity contribution in [3.8, 4) is 11.5 Å². The Bertz CT molecular complexity index is 1090. The first kappa shape index (κ1) is 29.4. The zero-order chi connectivity index (χ0) is 27.0. The van der Waals surface area contributed by atoms with Gasteiger partial charge in [-0.05, 0) is 65.6 Å². The lowest BCUT2D eigenvalue weighted by molar-refractivity contribution is 0.0109. The highest BCUT2D eigenvalue weighted by atomic mass is 16.6. The number of hydrogen-bond donors (Lipinski definition) is 2. The third-order valence-corrected chi connectivity index (χ3v) is 6.15. The zero-order valence-electron chi connectivity index (χ0n) is 22.5. The van der Waals surface area contributed by atoms with E-state index in [1.54, 1.807) is 12.1 Å². The Morgan fingerprint density at radius 3 is 1.92 bits per heavy atom. The predicted octanol–water partition coefficient (Wildman–Crippen LogP) is 5.00. The summed E-state index contributed by atoms with van der Waals surface area (Å²) in [7, 11) is 2.05. The summed E-state index contributed by atoms with van der Waals surface area (Å²) in [5.41, 5.74) is 5.78. The quantitative estimate of drug-likeness (QED) is 0.147. The van der Waals surface area contributed by atoms with Gasteiger partial charge in [0, 0.05) is 13.1 Å². The smallest absolute Gasteiger partial charge is 0.119 e. The van der Waals surface area contributed by atoms with Crippen LogP contribution in [0.2, 0.25) is 0 Å². The number of aromatic hydroxyl groups is 1. The lowest BCUT2D eigenvalue weighted by Gasteiger charge is -2.18. The molecule has 7 heteroatoms. The summed E-state index contributed by atoms with van der Waals surface area (Å²) in [6.07, 6.45) is 0.880. The van der Waals surface area contributed by atoms with Crippen LogP contribution in [0.4, 0.5) is 0 Å². The van der Waals surface area contributed by atoms with Crippen molar-refractivity contribution in [3.63, 3.8) is 0 Å². The number of rotatable bonds is 17. The third-order valence-electron chi connectivity index (χ3n) is 6.15. The molecule has 3 aromatic carbocycles. The van der Waals surface area contributed by atoms with Gasteiger partial charge in [-0.15, -0.1) is 0 Å². The maximum atomic E-state index is 9.83. The number of likely N-dealkylation sites (N-methyl/N-ethyl adjacent to an activating group) is 1. The van der Waals surface area contributed by atoms with E-state index < -0.39 is 0 Å². The predicted molar refractivity (Wildman–Crippen MR) is 152 cm³/mol. The van der Waals surface area contributed by atoms with Gasteiger partial charge in [0.15, 0.2) is 0 Å². The number of ether oxygens (including phenoxy) is 3. The van der Waals surface area contributed by atoms with Crippen LogP contribution in [0.15, 0.2) is 78.9 Å². The summed E-state index contributed by atoms with van der Waals surface area (Å²) in [5.74, 6) is 6.04. The number of phenols is 1. The SMILES string of the molecule is CCC(=C(c1ccc(O)cc1)c1ccc(OCCN(C)CCOCCOCCON)cc1)c1ccccc1. The van der Waals surface area contributed by atoms with Gasteiger partial charge < -0.3 is 29.1 Å². The monoisotopic (exact) mass is 520 g/mol. The maximum absolute atomic E-state index is 9.83. The topological polar surface area (TPSA) is 86.4 Å². The molecule has 38 heavy (non-hydrogen) atoms. The molecule has 0 saturated carbocycles. The van der Waals surface area contributed by atoms with E-state index in [0.29, 0.717) is 39.6 Å². The van der Waals surface area contributed by atoms with E-state index in [1.165, 1.54) is 11.1 Å². The zero-order valence-corrected chi connectivity index (χ0v) is 22.5. The number of phenolic OH excluding ortho intramolecular Hbond substituents is 1. The van der Waals surface area contributed by atoms with Gasteiger partial charge in [-0.3, -0.25) is 0 Å². The summed E-state index contributed by atoms with van der Waals surface area (Å²) in [6, 6.07) is 26.1. The summed E-state index contributed by atoms with van der Waals surface area (Å²) >= 11 is 0. The first-order chi connectivity index (χ1) is 18.6. The van der Waals surface area contributed by atoms with Crippen LogP contribution >= 0.6 is 0 Å². The van der Waals surface area contributed by atoms with E-state index in [1.807, 2.05) is 30.3 Å². The molecule has 0 saturated heterocycles. The molecule has 0 aliphatic carbocycles. The Balaban J connectivity index is 1.57. The number of nitrogens with zero attached hydrogens (tertiary/aromatic N) is 1. The fourth-order valence-electron chi connectivity index (χ4n) is 4.11. The fourth-order valence-corrected chi connectivity index (χ4v) is 4.11. The van der Waals surface area contributed by atoms with Crippen molar-refractivity contribution in [1.82, 2.24) is 4.90 Å². The molecule has 0 heterocycles. The molecule has 3 N–H and O–H groups in total. The second-order valence-electron chi connectivity index (χ2n) is 8.89. The molecule has 0 unspecified atom stereocenters. The van der Waals surface area contributed by atoms with Crippen molar-refractivity contribution in [2.24, 2.45) is 5.90 Å². The second kappa shape index (κ2) is 16.6. The first-order valence-electron chi connectivity index (χ1n) is 13.1. The molecule has 204 valence electrons. The van der Waals surface area contributed by atoms with Crippen molar-refractivity contribution < 1.29 is 24.2 Å². The van der Waals surface area contributed by atoms with E-state index in [9.17, 15) is 5.11 Å². The minimum atomic E-state index is 0.258. The van der Waals surface area contributed by atoms with Crippen LogP contribution in [-0.2, 0) is 14.3 Å². The van der Waals surface area contributed by atoms with Crippen molar-refractivity contribution >= 4 is 11.1 Å². The Hall–Kier alpha value is -3.20. The fraction of sp³-hybridized carbons (Fsp3) is 0.355. The molecule has 0 aliphatic rings. The minimum absolute atomic E-state index is 0.258. The van der Waals surface area contributed by atoms with Crippen LogP contribution < -0.4 is 10.6 Å². The lowest BCUT2D eigenvalue weighted by Crippen LogP contribution is -2.28. The van der Waals surface area contributed by atoms with E-state index in [2.05, 4.69) is 60.1 Å². The molecule has 0 radical (unpaired) electrons. The number of allylic oxidation sites excluding steroid dienone is 1. The van der Waals surface area contributed by atoms with Crippen LogP contribution in [-0.4, -0.2) is 69.8 Å². The Morgan fingerprint density at radius 1 is 0.711 bits per heavy atom. The summed E-state index contributed by atoms with van der Waals surface area (Å²) in [5, 5.41) is 9.83. The second-order valence-corrected chi connectivity index (χ2v) is 8.89. The largest absolute Gasteiger partial charge is 0.508 e. The van der Waals surface area contributed by atoms with E-state index in [4.69, 9.17) is 20.1 Å². The normalized spacial score (nSPS) is 12.0. The Morgan fingerprint density at radius 2 is 1.29 bits per heavy atom. The number of benzene rings is 3. The summed E-state index contributed by atoms with van der Waals surface area (Å²) < 4.78 is 16.9. The third kappa shape index (κ3) is 9.59. The van der Waals surface area contributed by atoms with Gasteiger partial charge in [0.25, 0.3) is 0 Å². The van der Waals surface area contributed by atoms with Gasteiger partial charge in [-0.25, -0.2) is 5.90 Å². The average molecular weight is 521 g/mol. The Kier molecular flexibility index (Phi) is 12.8. The molecule has 0 aliphatic heterocycles. The number of nitrogens with two attached hydrogens (primary N) is 1. The molecule has 7 nitrogen and oxygen atoms in total. The van der Waals surface area contributed by atoms with Crippen molar-refractivity contribution in [2.75, 3.05) is 59.8 Å². The van der Waals surface area contributed by atoms with Gasteiger partial charge in [-0.1, -0.05) is 61.5 Å². The van der Waals surface area contributed by atoms with Crippen molar-refractivity contribution in [3.05, 3.63) is 95.6 Å². The molecule has 3 rings (SSSR count). The van der Waals surface area contributed by atoms with E-state index in [-0.39, 0.29) is 5.75 Å². The molecule has 0 aromatic heterocycles. The number of hydrogen-bond acceptors (Lipinski definition) is 7. The van der Waals surface area contributed by atoms with Gasteiger partial charge in [0.2, 0.25) is 0 Å². The standard InChI is InChI=1S/C31H40N2O5/c1-3-30(25-7-5-4-6-8-25)31(26-9-13-28(34)14-10-26)27-11-15-29(16-12-27)37-20-18-33(2)17-19-35-21-22-36-23-24-38-32/h4-16,34H,3,17-24,32H2,1-2H3.